The highest BCUT2D eigenvalue weighted by molar-refractivity contribution is 8.11. The summed E-state index contributed by atoms with van der Waals surface area (Å²) in [6.07, 6.45) is 0. The Morgan fingerprint density at radius 1 is 0.636 bits per heavy atom. The Kier molecular flexibility index (Phi) is 6.20. The van der Waals surface area contributed by atoms with Gasteiger partial charge in [0.05, 0.1) is 22.9 Å². The first-order valence-corrected chi connectivity index (χ1v) is 14.6. The molecule has 4 rings (SSSR count). The van der Waals surface area contributed by atoms with E-state index in [0.717, 1.165) is 0 Å². The molecule has 0 amide bonds. The predicted octanol–water partition coefficient (Wildman–Crippen LogP) is 1.23. The third kappa shape index (κ3) is 4.23. The van der Waals surface area contributed by atoms with E-state index in [1.54, 1.807) is 0 Å². The van der Waals surface area contributed by atoms with Crippen molar-refractivity contribution in [1.82, 2.24) is 10.9 Å². The average molecular weight is 551 g/mol. The van der Waals surface area contributed by atoms with Crippen molar-refractivity contribution in [3.05, 3.63) is 58.6 Å². The van der Waals surface area contributed by atoms with Gasteiger partial charge in [-0.15, -0.1) is 0 Å². The van der Waals surface area contributed by atoms with Crippen LogP contribution < -0.4 is 10.9 Å². The van der Waals surface area contributed by atoms with Crippen LogP contribution in [0.2, 0.25) is 10.0 Å². The Hall–Kier alpha value is -2.19. The number of hydrogen-bond acceptors (Lipinski definition) is 10. The Morgan fingerprint density at radius 2 is 0.970 bits per heavy atom. The summed E-state index contributed by atoms with van der Waals surface area (Å²) in [5.74, 6) is 0. The van der Waals surface area contributed by atoms with Gasteiger partial charge in [0.2, 0.25) is 19.7 Å². The largest absolute Gasteiger partial charge is 0.307 e. The number of sulfone groups is 3. The SMILES string of the molecule is O=S(=O)(C1=NNCC1S(=O)(=O)C1CNN=C1S(=O)(=O)c1ccc(Cl)cc1)c1ccc(Cl)cc1. The quantitative estimate of drug-likeness (QED) is 0.576. The Morgan fingerprint density at radius 3 is 1.30 bits per heavy atom. The van der Waals surface area contributed by atoms with Crippen molar-refractivity contribution in [3.63, 3.8) is 0 Å². The third-order valence-electron chi connectivity index (χ3n) is 5.07. The Balaban J connectivity index is 1.70. The third-order valence-corrected chi connectivity index (χ3v) is 11.9. The second-order valence-corrected chi connectivity index (χ2v) is 14.1. The van der Waals surface area contributed by atoms with Gasteiger partial charge in [0.1, 0.15) is 10.5 Å². The van der Waals surface area contributed by atoms with Gasteiger partial charge in [-0.3, -0.25) is 0 Å². The van der Waals surface area contributed by atoms with Crippen molar-refractivity contribution in [1.29, 1.82) is 0 Å². The van der Waals surface area contributed by atoms with Gasteiger partial charge in [-0.1, -0.05) is 23.2 Å². The van der Waals surface area contributed by atoms with E-state index in [-0.39, 0.29) is 22.9 Å². The van der Waals surface area contributed by atoms with E-state index in [2.05, 4.69) is 21.1 Å². The molecular weight excluding hydrogens is 535 g/mol. The van der Waals surface area contributed by atoms with Crippen LogP contribution in [-0.2, 0) is 29.5 Å². The summed E-state index contributed by atoms with van der Waals surface area (Å²) in [4.78, 5) is -0.386. The van der Waals surface area contributed by atoms with Crippen LogP contribution >= 0.6 is 23.2 Å². The topological polar surface area (TPSA) is 151 Å². The van der Waals surface area contributed by atoms with Gasteiger partial charge in [0, 0.05) is 10.0 Å². The Bertz CT molecular complexity index is 1360. The van der Waals surface area contributed by atoms with Crippen molar-refractivity contribution in [3.8, 4) is 0 Å². The molecule has 0 aliphatic carbocycles. The molecule has 15 heteroatoms. The molecule has 2 aromatic carbocycles. The van der Waals surface area contributed by atoms with Crippen molar-refractivity contribution < 1.29 is 25.3 Å². The van der Waals surface area contributed by atoms with Gasteiger partial charge in [-0.05, 0) is 48.5 Å². The highest BCUT2D eigenvalue weighted by Gasteiger charge is 2.50. The van der Waals surface area contributed by atoms with E-state index < -0.39 is 50.1 Å². The molecule has 33 heavy (non-hydrogen) atoms. The van der Waals surface area contributed by atoms with Crippen molar-refractivity contribution >= 4 is 62.8 Å². The van der Waals surface area contributed by atoms with Gasteiger partial charge >= 0.3 is 0 Å². The van der Waals surface area contributed by atoms with E-state index >= 15 is 0 Å². The van der Waals surface area contributed by atoms with E-state index in [0.29, 0.717) is 10.0 Å². The summed E-state index contributed by atoms with van der Waals surface area (Å²) < 4.78 is 79.4. The first-order valence-electron chi connectivity index (χ1n) is 9.30. The molecule has 2 aromatic rings. The summed E-state index contributed by atoms with van der Waals surface area (Å²) in [6.45, 7) is -0.676. The fourth-order valence-corrected chi connectivity index (χ4v) is 9.57. The van der Waals surface area contributed by atoms with Crippen molar-refractivity contribution in [2.75, 3.05) is 13.1 Å². The Labute approximate surface area is 200 Å². The zero-order valence-electron chi connectivity index (χ0n) is 16.5. The van der Waals surface area contributed by atoms with E-state index in [4.69, 9.17) is 23.2 Å². The molecule has 0 fully saturated rings. The number of nitrogens with zero attached hydrogens (tertiary/aromatic N) is 2. The smallest absolute Gasteiger partial charge is 0.223 e. The normalized spacial score (nSPS) is 21.2. The van der Waals surface area contributed by atoms with Gasteiger partial charge in [0.25, 0.3) is 0 Å². The van der Waals surface area contributed by atoms with Crippen LogP contribution in [0.25, 0.3) is 0 Å². The summed E-state index contributed by atoms with van der Waals surface area (Å²) in [5.41, 5.74) is 4.82. The highest BCUT2D eigenvalue weighted by atomic mass is 35.5. The van der Waals surface area contributed by atoms with Gasteiger partial charge in [-0.25, -0.2) is 25.3 Å². The van der Waals surface area contributed by atoms with Crippen LogP contribution in [0.15, 0.2) is 68.5 Å². The summed E-state index contributed by atoms with van der Waals surface area (Å²) in [6, 6.07) is 10.3. The lowest BCUT2D eigenvalue weighted by Crippen LogP contribution is -2.46. The number of halogens is 2. The average Bonchev–Trinajstić information content (AvgIpc) is 3.45. The van der Waals surface area contributed by atoms with Crippen LogP contribution in [0.4, 0.5) is 0 Å². The van der Waals surface area contributed by atoms with E-state index in [1.165, 1.54) is 48.5 Å². The molecule has 0 saturated heterocycles. The summed E-state index contributed by atoms with van der Waals surface area (Å²) in [7, 11) is -13.0. The molecule has 0 radical (unpaired) electrons. The van der Waals surface area contributed by atoms with Gasteiger partial charge in [-0.2, -0.15) is 10.2 Å². The monoisotopic (exact) mass is 550 g/mol. The minimum absolute atomic E-state index is 0.193. The molecule has 2 aliphatic rings. The number of benzene rings is 2. The molecule has 2 N–H and O–H groups in total. The maximum atomic E-state index is 13.5. The molecule has 0 aromatic heterocycles. The lowest BCUT2D eigenvalue weighted by molar-refractivity contribution is 0.580. The molecule has 2 aliphatic heterocycles. The van der Waals surface area contributed by atoms with E-state index in [9.17, 15) is 25.3 Å². The second-order valence-electron chi connectivity index (χ2n) is 7.11. The number of hydrazone groups is 2. The second kappa shape index (κ2) is 8.55. The van der Waals surface area contributed by atoms with Crippen LogP contribution in [-0.4, -0.2) is 58.9 Å². The van der Waals surface area contributed by atoms with Gasteiger partial charge in [0.15, 0.2) is 19.9 Å². The molecule has 0 saturated carbocycles. The number of rotatable bonds is 4. The van der Waals surface area contributed by atoms with Crippen molar-refractivity contribution in [2.45, 2.75) is 20.3 Å². The molecule has 176 valence electrons. The molecule has 0 spiro atoms. The van der Waals surface area contributed by atoms with Crippen LogP contribution in [0.1, 0.15) is 0 Å². The maximum absolute atomic E-state index is 13.5. The maximum Gasteiger partial charge on any atom is 0.223 e. The van der Waals surface area contributed by atoms with Crippen LogP contribution in [0.3, 0.4) is 0 Å². The van der Waals surface area contributed by atoms with Crippen molar-refractivity contribution in [2.24, 2.45) is 10.2 Å². The standard InChI is InChI=1S/C18H16Cl2N4O6S3/c19-11-1-5-13(6-2-11)31(25,26)17-15(9-21-23-17)33(29,30)16-10-22-24-18(16)32(27,28)14-7-3-12(20)4-8-14/h1-8,15-16,21-22H,9-10H2. The highest BCUT2D eigenvalue weighted by Crippen LogP contribution is 2.28. The molecule has 10 nitrogen and oxygen atoms in total. The fourth-order valence-electron chi connectivity index (χ4n) is 3.38. The summed E-state index contributed by atoms with van der Waals surface area (Å²) in [5, 5.41) is 3.56. The summed E-state index contributed by atoms with van der Waals surface area (Å²) >= 11 is 11.6. The van der Waals surface area contributed by atoms with E-state index in [1.807, 2.05) is 0 Å². The zero-order chi connectivity index (χ0) is 24.0. The molecule has 0 bridgehead atoms. The number of nitrogens with one attached hydrogen (secondary N) is 2. The van der Waals surface area contributed by atoms with Crippen LogP contribution in [0, 0.1) is 0 Å². The van der Waals surface area contributed by atoms with Gasteiger partial charge < -0.3 is 10.9 Å². The minimum Gasteiger partial charge on any atom is -0.307 e. The first kappa shape index (κ1) is 24.0. The molecule has 2 heterocycles. The number of hydrogen-bond donors (Lipinski definition) is 2. The molecular formula is C18H16Cl2N4O6S3. The van der Waals surface area contributed by atoms with Crippen LogP contribution in [0.5, 0.6) is 0 Å². The lowest BCUT2D eigenvalue weighted by Gasteiger charge is -2.19. The molecule has 2 unspecified atom stereocenters. The lowest BCUT2D eigenvalue weighted by atomic mass is 10.4. The zero-order valence-corrected chi connectivity index (χ0v) is 20.5. The molecule has 2 atom stereocenters. The minimum atomic E-state index is -4.43. The predicted molar refractivity (Wildman–Crippen MR) is 125 cm³/mol. The first-order chi connectivity index (χ1) is 15.5. The fraction of sp³-hybridized carbons (Fsp3) is 0.222.